The van der Waals surface area contributed by atoms with Crippen molar-refractivity contribution in [3.8, 4) is 0 Å². The molecular formula is C30H41N3O2. The molecule has 0 spiro atoms. The molecule has 4 rings (SSSR count). The van der Waals surface area contributed by atoms with Gasteiger partial charge in [0, 0.05) is 61.5 Å². The predicted molar refractivity (Wildman–Crippen MR) is 142 cm³/mol. The van der Waals surface area contributed by atoms with Gasteiger partial charge in [-0.2, -0.15) is 0 Å². The van der Waals surface area contributed by atoms with Gasteiger partial charge in [-0.25, -0.2) is 0 Å². The molecule has 0 unspecified atom stereocenters. The van der Waals surface area contributed by atoms with Crippen molar-refractivity contribution in [2.75, 3.05) is 32.7 Å². The lowest BCUT2D eigenvalue weighted by molar-refractivity contribution is -0.0278. The predicted octanol–water partition coefficient (Wildman–Crippen LogP) is 5.27. The summed E-state index contributed by atoms with van der Waals surface area (Å²) in [7, 11) is 0. The van der Waals surface area contributed by atoms with Crippen LogP contribution in [0.15, 0.2) is 42.5 Å². The highest BCUT2D eigenvalue weighted by molar-refractivity contribution is 5.97. The van der Waals surface area contributed by atoms with Crippen LogP contribution in [0.2, 0.25) is 0 Å². The first kappa shape index (κ1) is 25.6. The van der Waals surface area contributed by atoms with Crippen molar-refractivity contribution in [2.24, 2.45) is 0 Å². The highest BCUT2D eigenvalue weighted by atomic mass is 16.2. The number of ketones is 1. The van der Waals surface area contributed by atoms with Gasteiger partial charge in [0.2, 0.25) is 0 Å². The van der Waals surface area contributed by atoms with Gasteiger partial charge in [-0.15, -0.1) is 0 Å². The van der Waals surface area contributed by atoms with E-state index >= 15 is 0 Å². The van der Waals surface area contributed by atoms with Gasteiger partial charge in [0.05, 0.1) is 0 Å². The molecule has 2 aromatic carbocycles. The maximum Gasteiger partial charge on any atom is 0.254 e. The Balaban J connectivity index is 1.36. The zero-order valence-corrected chi connectivity index (χ0v) is 22.3. The molecule has 0 radical (unpaired) electrons. The molecule has 5 nitrogen and oxygen atoms in total. The van der Waals surface area contributed by atoms with E-state index < -0.39 is 0 Å². The molecule has 2 fully saturated rings. The number of carbonyl (C=O) groups is 2. The molecule has 2 aliphatic heterocycles. The number of hydrogen-bond acceptors (Lipinski definition) is 4. The molecule has 188 valence electrons. The molecule has 2 atom stereocenters. The summed E-state index contributed by atoms with van der Waals surface area (Å²) >= 11 is 0. The van der Waals surface area contributed by atoms with Crippen LogP contribution < -0.4 is 0 Å². The minimum absolute atomic E-state index is 0.112. The Morgan fingerprint density at radius 3 is 2.09 bits per heavy atom. The third-order valence-electron chi connectivity index (χ3n) is 8.56. The maximum atomic E-state index is 13.3. The standard InChI is InChI=1S/C30H41N3O2/c1-21-8-7-9-22(2)28(21)29(35)31-16-14-30(6,15-17-31)32-18-19-33(23(3)20-32)24(4)26-10-12-27(13-11-26)25(5)34/h7-13,23-24H,14-20H2,1-6H3/t23-,24-/m0/s1. The highest BCUT2D eigenvalue weighted by Crippen LogP contribution is 2.34. The van der Waals surface area contributed by atoms with E-state index in [0.29, 0.717) is 12.1 Å². The van der Waals surface area contributed by atoms with Crippen molar-refractivity contribution >= 4 is 11.7 Å². The van der Waals surface area contributed by atoms with E-state index in [-0.39, 0.29) is 17.2 Å². The average Bonchev–Trinajstić information content (AvgIpc) is 2.84. The van der Waals surface area contributed by atoms with E-state index in [1.54, 1.807) is 6.92 Å². The van der Waals surface area contributed by atoms with Crippen molar-refractivity contribution in [1.29, 1.82) is 0 Å². The third kappa shape index (κ3) is 5.22. The zero-order valence-electron chi connectivity index (χ0n) is 22.3. The molecule has 0 aromatic heterocycles. The molecular weight excluding hydrogens is 434 g/mol. The van der Waals surface area contributed by atoms with Crippen LogP contribution in [0.1, 0.15) is 84.0 Å². The fourth-order valence-corrected chi connectivity index (χ4v) is 6.04. The van der Waals surface area contributed by atoms with Crippen molar-refractivity contribution in [3.63, 3.8) is 0 Å². The first-order chi connectivity index (χ1) is 16.6. The zero-order chi connectivity index (χ0) is 25.3. The lowest BCUT2D eigenvalue weighted by atomic mass is 9.85. The number of aryl methyl sites for hydroxylation is 2. The van der Waals surface area contributed by atoms with Crippen molar-refractivity contribution in [2.45, 2.75) is 72.0 Å². The van der Waals surface area contributed by atoms with Crippen LogP contribution in [0.4, 0.5) is 0 Å². The third-order valence-corrected chi connectivity index (χ3v) is 8.56. The van der Waals surface area contributed by atoms with E-state index in [0.717, 1.165) is 67.8 Å². The number of amides is 1. The number of likely N-dealkylation sites (tertiary alicyclic amines) is 1. The van der Waals surface area contributed by atoms with Gasteiger partial charge in [-0.05, 0) is 71.1 Å². The average molecular weight is 476 g/mol. The Morgan fingerprint density at radius 2 is 1.54 bits per heavy atom. The Kier molecular flexibility index (Phi) is 7.48. The fraction of sp³-hybridized carbons (Fsp3) is 0.533. The first-order valence-corrected chi connectivity index (χ1v) is 13.1. The Morgan fingerprint density at radius 1 is 0.943 bits per heavy atom. The summed E-state index contributed by atoms with van der Waals surface area (Å²) in [6.45, 7) is 17.4. The molecule has 2 heterocycles. The normalized spacial score (nSPS) is 22.1. The van der Waals surface area contributed by atoms with Crippen LogP contribution in [0.3, 0.4) is 0 Å². The van der Waals surface area contributed by atoms with E-state index in [2.05, 4.69) is 47.6 Å². The molecule has 2 aromatic rings. The van der Waals surface area contributed by atoms with Gasteiger partial charge in [-0.1, -0.05) is 42.5 Å². The molecule has 1 amide bonds. The van der Waals surface area contributed by atoms with Crippen LogP contribution in [0.5, 0.6) is 0 Å². The molecule has 0 N–H and O–H groups in total. The summed E-state index contributed by atoms with van der Waals surface area (Å²) in [6, 6.07) is 15.0. The van der Waals surface area contributed by atoms with Gasteiger partial charge in [-0.3, -0.25) is 19.4 Å². The number of piperidine rings is 1. The van der Waals surface area contributed by atoms with E-state index in [1.165, 1.54) is 5.56 Å². The molecule has 0 aliphatic carbocycles. The van der Waals surface area contributed by atoms with Crippen LogP contribution in [0, 0.1) is 13.8 Å². The summed E-state index contributed by atoms with van der Waals surface area (Å²) < 4.78 is 0. The molecule has 0 bridgehead atoms. The first-order valence-electron chi connectivity index (χ1n) is 13.1. The summed E-state index contributed by atoms with van der Waals surface area (Å²) in [5, 5.41) is 0. The SMILES string of the molecule is CC(=O)c1ccc([C@H](C)N2CCN(C3(C)CCN(C(=O)c4c(C)cccc4C)CC3)C[C@@H]2C)cc1. The van der Waals surface area contributed by atoms with Gasteiger partial charge >= 0.3 is 0 Å². The van der Waals surface area contributed by atoms with Gasteiger partial charge in [0.1, 0.15) is 0 Å². The largest absolute Gasteiger partial charge is 0.338 e. The molecule has 5 heteroatoms. The second-order valence-corrected chi connectivity index (χ2v) is 10.9. The summed E-state index contributed by atoms with van der Waals surface area (Å²) in [6.07, 6.45) is 2.02. The fourth-order valence-electron chi connectivity index (χ4n) is 6.04. The summed E-state index contributed by atoms with van der Waals surface area (Å²) in [5.74, 6) is 0.298. The number of nitrogens with zero attached hydrogens (tertiary/aromatic N) is 3. The molecule has 2 saturated heterocycles. The maximum absolute atomic E-state index is 13.3. The van der Waals surface area contributed by atoms with Gasteiger partial charge < -0.3 is 4.90 Å². The Labute approximate surface area is 211 Å². The number of benzene rings is 2. The minimum atomic E-state index is 0.112. The lowest BCUT2D eigenvalue weighted by Crippen LogP contribution is -2.62. The number of piperazine rings is 1. The summed E-state index contributed by atoms with van der Waals surface area (Å²) in [4.78, 5) is 32.2. The van der Waals surface area contributed by atoms with Crippen LogP contribution in [0.25, 0.3) is 0 Å². The quantitative estimate of drug-likeness (QED) is 0.553. The van der Waals surface area contributed by atoms with Crippen LogP contribution >= 0.6 is 0 Å². The molecule has 2 aliphatic rings. The number of Topliss-reactive ketones (excluding diaryl/α,β-unsaturated/α-hetero) is 1. The monoisotopic (exact) mass is 475 g/mol. The number of rotatable bonds is 5. The van der Waals surface area contributed by atoms with Crippen molar-refractivity contribution in [1.82, 2.24) is 14.7 Å². The van der Waals surface area contributed by atoms with Gasteiger partial charge in [0.25, 0.3) is 5.91 Å². The van der Waals surface area contributed by atoms with Crippen LogP contribution in [-0.2, 0) is 0 Å². The molecule has 35 heavy (non-hydrogen) atoms. The van der Waals surface area contributed by atoms with Crippen LogP contribution in [-0.4, -0.2) is 70.7 Å². The van der Waals surface area contributed by atoms with E-state index in [9.17, 15) is 9.59 Å². The second-order valence-electron chi connectivity index (χ2n) is 10.9. The highest BCUT2D eigenvalue weighted by Gasteiger charge is 2.40. The minimum Gasteiger partial charge on any atom is -0.338 e. The lowest BCUT2D eigenvalue weighted by Gasteiger charge is -2.52. The van der Waals surface area contributed by atoms with E-state index in [1.807, 2.05) is 44.2 Å². The Hall–Kier alpha value is -2.50. The number of carbonyl (C=O) groups excluding carboxylic acids is 2. The van der Waals surface area contributed by atoms with E-state index in [4.69, 9.17) is 0 Å². The summed E-state index contributed by atoms with van der Waals surface area (Å²) in [5.41, 5.74) is 5.18. The topological polar surface area (TPSA) is 43.9 Å². The van der Waals surface area contributed by atoms with Gasteiger partial charge in [0.15, 0.2) is 5.78 Å². The second kappa shape index (κ2) is 10.2. The Bertz CT molecular complexity index is 1050. The number of hydrogen-bond donors (Lipinski definition) is 0. The molecule has 0 saturated carbocycles. The smallest absolute Gasteiger partial charge is 0.254 e. The van der Waals surface area contributed by atoms with Crippen molar-refractivity contribution in [3.05, 3.63) is 70.3 Å². The van der Waals surface area contributed by atoms with Crippen molar-refractivity contribution < 1.29 is 9.59 Å².